The van der Waals surface area contributed by atoms with Gasteiger partial charge in [-0.1, -0.05) is 0 Å². The molecule has 1 aromatic rings. The molecule has 0 fully saturated rings. The van der Waals surface area contributed by atoms with Crippen molar-refractivity contribution in [2.75, 3.05) is 14.2 Å². The zero-order chi connectivity index (χ0) is 8.27. The number of methoxy groups -OCH3 is 2. The lowest BCUT2D eigenvalue weighted by molar-refractivity contribution is 0.336. The summed E-state index contributed by atoms with van der Waals surface area (Å²) in [7, 11) is 2.88. The maximum atomic E-state index is 12.4. The molecule has 0 amide bonds. The molecule has 1 rings (SSSR count). The van der Waals surface area contributed by atoms with Gasteiger partial charge in [0.05, 0.1) is 14.2 Å². The fraction of sp³-hybridized carbons (Fsp3) is 0.286. The molecular formula is C7H8FNO2. The van der Waals surface area contributed by atoms with E-state index in [2.05, 4.69) is 4.98 Å². The van der Waals surface area contributed by atoms with E-state index >= 15 is 0 Å². The molecule has 3 nitrogen and oxygen atoms in total. The van der Waals surface area contributed by atoms with Gasteiger partial charge in [-0.2, -0.15) is 9.37 Å². The molecule has 1 heterocycles. The van der Waals surface area contributed by atoms with Crippen LogP contribution in [0.4, 0.5) is 4.39 Å². The van der Waals surface area contributed by atoms with E-state index in [9.17, 15) is 4.39 Å². The number of aromatic nitrogens is 1. The van der Waals surface area contributed by atoms with Crippen molar-refractivity contribution in [3.05, 3.63) is 18.1 Å². The lowest BCUT2D eigenvalue weighted by atomic mass is 10.4. The van der Waals surface area contributed by atoms with Crippen molar-refractivity contribution in [3.63, 3.8) is 0 Å². The van der Waals surface area contributed by atoms with Gasteiger partial charge in [0.25, 0.3) is 5.88 Å². The summed E-state index contributed by atoms with van der Waals surface area (Å²) in [6, 6.07) is 2.67. The maximum absolute atomic E-state index is 12.4. The monoisotopic (exact) mass is 157 g/mol. The third kappa shape index (κ3) is 1.58. The van der Waals surface area contributed by atoms with Crippen LogP contribution in [0.25, 0.3) is 0 Å². The third-order valence-electron chi connectivity index (χ3n) is 1.20. The van der Waals surface area contributed by atoms with Crippen LogP contribution in [0.1, 0.15) is 0 Å². The summed E-state index contributed by atoms with van der Waals surface area (Å²) in [6.07, 6.45) is 0. The minimum absolute atomic E-state index is 0.160. The SMILES string of the molecule is COc1ccc(F)nc1OC. The number of hydrogen-bond acceptors (Lipinski definition) is 3. The Bertz CT molecular complexity index is 252. The van der Waals surface area contributed by atoms with Crippen LogP contribution in [-0.2, 0) is 0 Å². The lowest BCUT2D eigenvalue weighted by Gasteiger charge is -2.04. The molecule has 0 radical (unpaired) electrons. The molecule has 11 heavy (non-hydrogen) atoms. The van der Waals surface area contributed by atoms with Crippen molar-refractivity contribution < 1.29 is 13.9 Å². The van der Waals surface area contributed by atoms with Crippen LogP contribution in [0.15, 0.2) is 12.1 Å². The Hall–Kier alpha value is -1.32. The first-order valence-corrected chi connectivity index (χ1v) is 3.02. The standard InChI is InChI=1S/C7H8FNO2/c1-10-5-3-4-6(8)9-7(5)11-2/h3-4H,1-2H3. The molecular weight excluding hydrogens is 149 g/mol. The average molecular weight is 157 g/mol. The Morgan fingerprint density at radius 3 is 2.55 bits per heavy atom. The van der Waals surface area contributed by atoms with Crippen molar-refractivity contribution in [3.8, 4) is 11.6 Å². The summed E-state index contributed by atoms with van der Waals surface area (Å²) < 4.78 is 22.0. The van der Waals surface area contributed by atoms with Crippen LogP contribution < -0.4 is 9.47 Å². The first kappa shape index (κ1) is 7.78. The zero-order valence-electron chi connectivity index (χ0n) is 6.30. The predicted octanol–water partition coefficient (Wildman–Crippen LogP) is 1.24. The van der Waals surface area contributed by atoms with E-state index in [-0.39, 0.29) is 5.88 Å². The van der Waals surface area contributed by atoms with E-state index < -0.39 is 5.95 Å². The number of ether oxygens (including phenoxy) is 2. The lowest BCUT2D eigenvalue weighted by Crippen LogP contribution is -1.94. The quantitative estimate of drug-likeness (QED) is 0.605. The molecule has 4 heteroatoms. The average Bonchev–Trinajstić information content (AvgIpc) is 2.04. The van der Waals surface area contributed by atoms with Gasteiger partial charge in [0.1, 0.15) is 0 Å². The molecule has 0 bridgehead atoms. The number of halogens is 1. The van der Waals surface area contributed by atoms with Gasteiger partial charge in [-0.25, -0.2) is 0 Å². The molecule has 60 valence electrons. The Balaban J connectivity index is 3.06. The van der Waals surface area contributed by atoms with E-state index in [1.165, 1.54) is 26.4 Å². The minimum Gasteiger partial charge on any atom is -0.491 e. The summed E-state index contributed by atoms with van der Waals surface area (Å²) in [4.78, 5) is 3.45. The molecule has 0 saturated heterocycles. The van der Waals surface area contributed by atoms with Crippen molar-refractivity contribution in [1.29, 1.82) is 0 Å². The molecule has 0 unspecified atom stereocenters. The largest absolute Gasteiger partial charge is 0.491 e. The molecule has 0 saturated carbocycles. The molecule has 0 N–H and O–H groups in total. The van der Waals surface area contributed by atoms with Gasteiger partial charge in [0, 0.05) is 0 Å². The first-order chi connectivity index (χ1) is 5.27. The normalized spacial score (nSPS) is 9.36. The Kier molecular flexibility index (Phi) is 2.25. The molecule has 0 spiro atoms. The number of hydrogen-bond donors (Lipinski definition) is 0. The molecule has 0 aliphatic rings. The number of nitrogens with zero attached hydrogens (tertiary/aromatic N) is 1. The second-order valence-electron chi connectivity index (χ2n) is 1.85. The third-order valence-corrected chi connectivity index (χ3v) is 1.20. The van der Waals surface area contributed by atoms with Crippen molar-refractivity contribution in [2.45, 2.75) is 0 Å². The zero-order valence-corrected chi connectivity index (χ0v) is 6.30. The highest BCUT2D eigenvalue weighted by atomic mass is 19.1. The van der Waals surface area contributed by atoms with Crippen LogP contribution in [0, 0.1) is 5.95 Å². The topological polar surface area (TPSA) is 31.4 Å². The van der Waals surface area contributed by atoms with Crippen LogP contribution in [0.2, 0.25) is 0 Å². The fourth-order valence-corrected chi connectivity index (χ4v) is 0.707. The van der Waals surface area contributed by atoms with E-state index in [4.69, 9.17) is 9.47 Å². The summed E-state index contributed by atoms with van der Waals surface area (Å²) in [5, 5.41) is 0. The van der Waals surface area contributed by atoms with Gasteiger partial charge in [0.15, 0.2) is 5.75 Å². The number of pyridine rings is 1. The fourth-order valence-electron chi connectivity index (χ4n) is 0.707. The minimum atomic E-state index is -0.581. The highest BCUT2D eigenvalue weighted by Crippen LogP contribution is 2.22. The van der Waals surface area contributed by atoms with Crippen molar-refractivity contribution in [2.24, 2.45) is 0 Å². The van der Waals surface area contributed by atoms with E-state index in [0.29, 0.717) is 5.75 Å². The molecule has 1 aromatic heterocycles. The second-order valence-corrected chi connectivity index (χ2v) is 1.85. The van der Waals surface area contributed by atoms with Gasteiger partial charge >= 0.3 is 0 Å². The van der Waals surface area contributed by atoms with E-state index in [1.54, 1.807) is 0 Å². The second kappa shape index (κ2) is 3.18. The van der Waals surface area contributed by atoms with Crippen molar-refractivity contribution >= 4 is 0 Å². The summed E-state index contributed by atoms with van der Waals surface area (Å²) in [6.45, 7) is 0. The van der Waals surface area contributed by atoms with Gasteiger partial charge in [-0.05, 0) is 12.1 Å². The van der Waals surface area contributed by atoms with E-state index in [0.717, 1.165) is 0 Å². The van der Waals surface area contributed by atoms with Gasteiger partial charge in [-0.3, -0.25) is 0 Å². The predicted molar refractivity (Wildman–Crippen MR) is 37.3 cm³/mol. The molecule has 0 aliphatic heterocycles. The molecule has 0 aromatic carbocycles. The highest BCUT2D eigenvalue weighted by molar-refractivity contribution is 5.32. The van der Waals surface area contributed by atoms with Gasteiger partial charge < -0.3 is 9.47 Å². The van der Waals surface area contributed by atoms with Crippen molar-refractivity contribution in [1.82, 2.24) is 4.98 Å². The highest BCUT2D eigenvalue weighted by Gasteiger charge is 2.04. The molecule has 0 aliphatic carbocycles. The van der Waals surface area contributed by atoms with E-state index in [1.807, 2.05) is 0 Å². The number of rotatable bonds is 2. The smallest absolute Gasteiger partial charge is 0.259 e. The summed E-state index contributed by atoms with van der Waals surface area (Å²) in [5.41, 5.74) is 0. The van der Waals surface area contributed by atoms with Gasteiger partial charge in [-0.15, -0.1) is 0 Å². The summed E-state index contributed by atoms with van der Waals surface area (Å²) in [5.74, 6) is 0.00375. The Morgan fingerprint density at radius 1 is 1.27 bits per heavy atom. The summed E-state index contributed by atoms with van der Waals surface area (Å²) >= 11 is 0. The van der Waals surface area contributed by atoms with Crippen LogP contribution in [0.5, 0.6) is 11.6 Å². The Labute approximate surface area is 63.8 Å². The van der Waals surface area contributed by atoms with Crippen LogP contribution >= 0.6 is 0 Å². The maximum Gasteiger partial charge on any atom is 0.259 e. The van der Waals surface area contributed by atoms with Gasteiger partial charge in [0.2, 0.25) is 5.95 Å². The van der Waals surface area contributed by atoms with Crippen LogP contribution in [0.3, 0.4) is 0 Å². The van der Waals surface area contributed by atoms with Crippen LogP contribution in [-0.4, -0.2) is 19.2 Å². The molecule has 0 atom stereocenters. The first-order valence-electron chi connectivity index (χ1n) is 3.02. The Morgan fingerprint density at radius 2 is 2.00 bits per heavy atom.